The molecule has 0 radical (unpaired) electrons. The second-order valence-corrected chi connectivity index (χ2v) is 0.671. The Bertz CT molecular complexity index is 120. The molecule has 0 aliphatic rings. The molecule has 0 spiro atoms. The fraction of sp³-hybridized carbons (Fsp3) is 0. The van der Waals surface area contributed by atoms with Gasteiger partial charge in [0.2, 0.25) is 0 Å². The molecule has 0 fully saturated rings. The molecule has 0 aromatic rings. The van der Waals surface area contributed by atoms with Gasteiger partial charge in [-0.1, -0.05) is 0 Å². The Balaban J connectivity index is -0.00000000827. The Morgan fingerprint density at radius 3 is 0.500 bits per heavy atom. The van der Waals surface area contributed by atoms with Gasteiger partial charge >= 0.3 is 20.4 Å². The Kier molecular flexibility index (Phi) is 242. The first-order valence-corrected chi connectivity index (χ1v) is 1.64. The second-order valence-electron chi connectivity index (χ2n) is 0.671. The van der Waals surface area contributed by atoms with Gasteiger partial charge in [-0.3, -0.25) is 0 Å². The van der Waals surface area contributed by atoms with Crippen LogP contribution in [0.2, 0.25) is 0 Å². The summed E-state index contributed by atoms with van der Waals surface area (Å²) < 4.78 is 0. The van der Waals surface area contributed by atoms with E-state index in [1.54, 1.807) is 0 Å². The zero-order valence-corrected chi connectivity index (χ0v) is 10.7. The average molecular weight is 379 g/mol. The number of nitrogens with zero attached hydrogens (tertiary/aromatic N) is 3. The zero-order valence-electron chi connectivity index (χ0n) is 9.16. The van der Waals surface area contributed by atoms with Crippen LogP contribution in [0.4, 0.5) is 0 Å². The summed E-state index contributed by atoms with van der Waals surface area (Å²) in [6, 6.07) is 0. The first-order chi connectivity index (χ1) is 5.20. The molecule has 17 nitrogen and oxygen atoms in total. The van der Waals surface area contributed by atoms with E-state index in [9.17, 15) is 0 Å². The normalized spacial score (nSPS) is 4.00. The number of hydrogen-bond donors (Lipinski definition) is 5. The van der Waals surface area contributed by atoms with Crippen molar-refractivity contribution in [3.05, 3.63) is 46.0 Å². The summed E-state index contributed by atoms with van der Waals surface area (Å²) in [4.78, 5) is 24.8. The fourth-order valence-electron chi connectivity index (χ4n) is 0. The van der Waals surface area contributed by atoms with Gasteiger partial charge in [-0.05, 0) is 0 Å². The molecule has 0 heterocycles. The maximum Gasteiger partial charge on any atom is 2.00 e. The van der Waals surface area contributed by atoms with E-state index in [1.807, 2.05) is 0 Å². The topological polar surface area (TPSA) is 375 Å². The standard InChI is InChI=1S/3NO3.5H3N.Pd/c3*2-1(3)4;;;;;;/h;;;5*1H3;/q3*-1;;;;;;+2/p+1. The third-order valence-electron chi connectivity index (χ3n) is 0. The van der Waals surface area contributed by atoms with Crippen LogP contribution in [0.5, 0.6) is 0 Å². The van der Waals surface area contributed by atoms with Crippen LogP contribution >= 0.6 is 0 Å². The molecule has 0 saturated heterocycles. The molecule has 0 bridgehead atoms. The van der Waals surface area contributed by atoms with Gasteiger partial charge in [0.05, 0.1) is 15.3 Å². The van der Waals surface area contributed by atoms with Crippen LogP contribution in [-0.2, 0) is 20.4 Å². The van der Waals surface area contributed by atoms with Gasteiger partial charge in [0.25, 0.3) is 0 Å². The van der Waals surface area contributed by atoms with E-state index in [4.69, 9.17) is 46.0 Å². The van der Waals surface area contributed by atoms with Crippen molar-refractivity contribution < 1.29 is 35.7 Å². The van der Waals surface area contributed by atoms with Gasteiger partial charge in [0.1, 0.15) is 0 Å². The van der Waals surface area contributed by atoms with Gasteiger partial charge in [-0.15, -0.1) is 0 Å². The summed E-state index contributed by atoms with van der Waals surface area (Å²) in [5, 5.41) is 44.2. The molecule has 0 aliphatic carbocycles. The molecule has 0 saturated carbocycles. The van der Waals surface area contributed by atoms with Crippen molar-refractivity contribution in [2.45, 2.75) is 0 Å². The number of rotatable bonds is 0. The van der Waals surface area contributed by atoms with E-state index in [1.165, 1.54) is 0 Å². The van der Waals surface area contributed by atoms with E-state index in [2.05, 4.69) is 0 Å². The third-order valence-corrected chi connectivity index (χ3v) is 0. The Morgan fingerprint density at radius 2 is 0.500 bits per heavy atom. The number of quaternary nitrogens is 1. The summed E-state index contributed by atoms with van der Waals surface area (Å²) in [6.45, 7) is 0. The molecular formula is H16N8O9Pd. The van der Waals surface area contributed by atoms with Crippen molar-refractivity contribution >= 4 is 0 Å². The van der Waals surface area contributed by atoms with Crippen molar-refractivity contribution in [1.82, 2.24) is 30.8 Å². The fourth-order valence-corrected chi connectivity index (χ4v) is 0. The van der Waals surface area contributed by atoms with Crippen LogP contribution in [0.3, 0.4) is 0 Å². The van der Waals surface area contributed by atoms with E-state index in [0.29, 0.717) is 0 Å². The minimum Gasteiger partial charge on any atom is -0.369 e. The Hall–Kier alpha value is -1.94. The van der Waals surface area contributed by atoms with Gasteiger partial charge in [0, 0.05) is 0 Å². The summed E-state index contributed by atoms with van der Waals surface area (Å²) >= 11 is 0. The molecule has 18 heteroatoms. The summed E-state index contributed by atoms with van der Waals surface area (Å²) in [7, 11) is 0. The van der Waals surface area contributed by atoms with Gasteiger partial charge in [0.15, 0.2) is 0 Å². The van der Waals surface area contributed by atoms with Crippen LogP contribution in [0.1, 0.15) is 0 Å². The molecule has 0 unspecified atom stereocenters. The van der Waals surface area contributed by atoms with E-state index < -0.39 is 15.3 Å². The maximum absolute atomic E-state index is 8.25. The smallest absolute Gasteiger partial charge is 0.369 e. The number of hydrogen-bond acceptors (Lipinski definition) is 13. The summed E-state index contributed by atoms with van der Waals surface area (Å²) in [5.74, 6) is 0. The van der Waals surface area contributed by atoms with Crippen LogP contribution < -0.4 is 30.8 Å². The second kappa shape index (κ2) is 59.7. The van der Waals surface area contributed by atoms with E-state index >= 15 is 0 Å². The maximum atomic E-state index is 8.25. The summed E-state index contributed by atoms with van der Waals surface area (Å²) in [5.41, 5.74) is 0. The molecular weight excluding hydrogens is 362 g/mol. The molecule has 18 heavy (non-hydrogen) atoms. The van der Waals surface area contributed by atoms with Crippen LogP contribution in [0.25, 0.3) is 0 Å². The van der Waals surface area contributed by atoms with E-state index in [-0.39, 0.29) is 51.2 Å². The molecule has 0 amide bonds. The molecule has 0 aromatic heterocycles. The molecule has 0 aliphatic heterocycles. The van der Waals surface area contributed by atoms with Crippen molar-refractivity contribution in [2.75, 3.05) is 0 Å². The van der Waals surface area contributed by atoms with Gasteiger partial charge in [-0.2, -0.15) is 0 Å². The van der Waals surface area contributed by atoms with Gasteiger partial charge < -0.3 is 76.7 Å². The van der Waals surface area contributed by atoms with Crippen molar-refractivity contribution in [1.29, 1.82) is 0 Å². The van der Waals surface area contributed by atoms with Crippen molar-refractivity contribution in [3.8, 4) is 0 Å². The van der Waals surface area contributed by atoms with E-state index in [0.717, 1.165) is 0 Å². The predicted octanol–water partition coefficient (Wildman–Crippen LogP) is 0.304. The first-order valence-electron chi connectivity index (χ1n) is 1.64. The quantitative estimate of drug-likeness (QED) is 0.215. The van der Waals surface area contributed by atoms with Crippen molar-refractivity contribution in [2.24, 2.45) is 0 Å². The monoisotopic (exact) mass is 378 g/mol. The molecule has 0 aromatic carbocycles. The summed E-state index contributed by atoms with van der Waals surface area (Å²) in [6.07, 6.45) is 0. The molecule has 16 N–H and O–H groups in total. The van der Waals surface area contributed by atoms with Gasteiger partial charge in [-0.25, -0.2) is 0 Å². The van der Waals surface area contributed by atoms with Crippen LogP contribution in [-0.4, -0.2) is 15.3 Å². The Morgan fingerprint density at radius 1 is 0.500 bits per heavy atom. The average Bonchev–Trinajstić information content (AvgIpc) is 1.54. The molecule has 0 rings (SSSR count). The minimum atomic E-state index is -1.75. The largest absolute Gasteiger partial charge is 2.00 e. The zero-order chi connectivity index (χ0) is 10.7. The Labute approximate surface area is 113 Å². The predicted molar refractivity (Wildman–Crippen MR) is 57.2 cm³/mol. The third kappa shape index (κ3) is 639. The molecule has 0 atom stereocenters. The first kappa shape index (κ1) is 73.1. The van der Waals surface area contributed by atoms with Crippen LogP contribution in [0, 0.1) is 46.0 Å². The minimum absolute atomic E-state index is 0. The molecule has 120 valence electrons. The van der Waals surface area contributed by atoms with Crippen molar-refractivity contribution in [3.63, 3.8) is 0 Å². The van der Waals surface area contributed by atoms with Crippen LogP contribution in [0.15, 0.2) is 0 Å². The SMILES string of the molecule is N.N.N.N.O=[N+]([O-])[O-].O=[N+]([O-])[O-].O=[N+]([O-])[O-].[NH4+].[Pd+2].